The SMILES string of the molecule is Cc1ccc(CSc2nnc(Nc3ccc(C)c(C)c3)s2)cc1. The molecule has 0 aliphatic carbocycles. The van der Waals surface area contributed by atoms with Gasteiger partial charge in [0.05, 0.1) is 0 Å². The van der Waals surface area contributed by atoms with Gasteiger partial charge in [0.1, 0.15) is 0 Å². The molecule has 1 aromatic heterocycles. The van der Waals surface area contributed by atoms with E-state index in [0.717, 1.165) is 20.9 Å². The fraction of sp³-hybridized carbons (Fsp3) is 0.222. The molecule has 0 aliphatic rings. The molecule has 118 valence electrons. The van der Waals surface area contributed by atoms with Crippen molar-refractivity contribution in [3.05, 3.63) is 64.7 Å². The van der Waals surface area contributed by atoms with Crippen LogP contribution in [0.1, 0.15) is 22.3 Å². The molecule has 0 fully saturated rings. The summed E-state index contributed by atoms with van der Waals surface area (Å²) in [6.45, 7) is 6.33. The standard InChI is InChI=1S/C18H19N3S2/c1-12-4-7-15(8-5-12)11-22-18-21-20-17(23-18)19-16-9-6-13(2)14(3)10-16/h4-10H,11H2,1-3H3,(H,19,20). The number of hydrogen-bond acceptors (Lipinski definition) is 5. The smallest absolute Gasteiger partial charge is 0.210 e. The first kappa shape index (κ1) is 16.0. The van der Waals surface area contributed by atoms with Crippen LogP contribution >= 0.6 is 23.1 Å². The third kappa shape index (κ3) is 4.33. The maximum Gasteiger partial charge on any atom is 0.210 e. The van der Waals surface area contributed by atoms with Crippen molar-refractivity contribution in [1.29, 1.82) is 0 Å². The molecule has 0 saturated carbocycles. The Morgan fingerprint density at radius 1 is 0.957 bits per heavy atom. The fourth-order valence-corrected chi connectivity index (χ4v) is 3.82. The summed E-state index contributed by atoms with van der Waals surface area (Å²) in [7, 11) is 0. The Kier molecular flexibility index (Phi) is 4.98. The Labute approximate surface area is 145 Å². The molecule has 23 heavy (non-hydrogen) atoms. The van der Waals surface area contributed by atoms with Crippen molar-refractivity contribution in [2.45, 2.75) is 30.9 Å². The van der Waals surface area contributed by atoms with Crippen molar-refractivity contribution in [2.24, 2.45) is 0 Å². The number of rotatable bonds is 5. The zero-order valence-corrected chi connectivity index (χ0v) is 15.1. The average Bonchev–Trinajstić information content (AvgIpc) is 2.98. The van der Waals surface area contributed by atoms with Crippen molar-refractivity contribution < 1.29 is 0 Å². The number of hydrogen-bond donors (Lipinski definition) is 1. The van der Waals surface area contributed by atoms with Gasteiger partial charge in [0, 0.05) is 11.4 Å². The monoisotopic (exact) mass is 341 g/mol. The van der Waals surface area contributed by atoms with Crippen LogP contribution < -0.4 is 5.32 Å². The molecule has 3 nitrogen and oxygen atoms in total. The summed E-state index contributed by atoms with van der Waals surface area (Å²) in [5.41, 5.74) is 6.21. The highest BCUT2D eigenvalue weighted by atomic mass is 32.2. The lowest BCUT2D eigenvalue weighted by Gasteiger charge is -2.05. The molecule has 1 heterocycles. The minimum absolute atomic E-state index is 0.833. The first-order valence-electron chi connectivity index (χ1n) is 7.46. The first-order chi connectivity index (χ1) is 11.1. The van der Waals surface area contributed by atoms with Crippen LogP contribution in [0.25, 0.3) is 0 Å². The molecule has 0 aliphatic heterocycles. The Balaban J connectivity index is 1.61. The molecular formula is C18H19N3S2. The molecule has 0 radical (unpaired) electrons. The molecule has 0 spiro atoms. The Morgan fingerprint density at radius 3 is 2.48 bits per heavy atom. The molecule has 3 rings (SSSR count). The fourth-order valence-electron chi connectivity index (χ4n) is 2.09. The molecule has 0 amide bonds. The van der Waals surface area contributed by atoms with E-state index in [0.29, 0.717) is 0 Å². The molecule has 1 N–H and O–H groups in total. The number of nitrogens with one attached hydrogen (secondary N) is 1. The average molecular weight is 342 g/mol. The van der Waals surface area contributed by atoms with E-state index >= 15 is 0 Å². The van der Waals surface area contributed by atoms with Gasteiger partial charge in [-0.1, -0.05) is 59.0 Å². The van der Waals surface area contributed by atoms with Gasteiger partial charge in [0.2, 0.25) is 5.13 Å². The summed E-state index contributed by atoms with van der Waals surface area (Å²) in [5.74, 6) is 0.915. The maximum absolute atomic E-state index is 4.25. The van der Waals surface area contributed by atoms with Crippen LogP contribution in [0.4, 0.5) is 10.8 Å². The molecule has 0 unspecified atom stereocenters. The second kappa shape index (κ2) is 7.15. The second-order valence-corrected chi connectivity index (χ2v) is 7.77. The van der Waals surface area contributed by atoms with Gasteiger partial charge in [-0.15, -0.1) is 10.2 Å². The van der Waals surface area contributed by atoms with Gasteiger partial charge in [-0.05, 0) is 49.6 Å². The number of nitrogens with zero attached hydrogens (tertiary/aromatic N) is 2. The number of thioether (sulfide) groups is 1. The second-order valence-electron chi connectivity index (χ2n) is 5.57. The van der Waals surface area contributed by atoms with Gasteiger partial charge in [-0.2, -0.15) is 0 Å². The van der Waals surface area contributed by atoms with Gasteiger partial charge >= 0.3 is 0 Å². The molecule has 2 aromatic carbocycles. The summed E-state index contributed by atoms with van der Waals surface area (Å²) in [4.78, 5) is 0. The number of aryl methyl sites for hydroxylation is 3. The first-order valence-corrected chi connectivity index (χ1v) is 9.26. The minimum Gasteiger partial charge on any atom is -0.330 e. The lowest BCUT2D eigenvalue weighted by molar-refractivity contribution is 1.01. The minimum atomic E-state index is 0.833. The third-order valence-corrected chi connectivity index (χ3v) is 5.69. The summed E-state index contributed by atoms with van der Waals surface area (Å²) in [6.07, 6.45) is 0. The van der Waals surface area contributed by atoms with Crippen molar-refractivity contribution in [1.82, 2.24) is 10.2 Å². The van der Waals surface area contributed by atoms with E-state index < -0.39 is 0 Å². The zero-order chi connectivity index (χ0) is 16.2. The zero-order valence-electron chi connectivity index (χ0n) is 13.5. The van der Waals surface area contributed by atoms with E-state index in [-0.39, 0.29) is 0 Å². The normalized spacial score (nSPS) is 10.7. The molecule has 0 saturated heterocycles. The predicted octanol–water partition coefficient (Wildman–Crippen LogP) is 5.50. The summed E-state index contributed by atoms with van der Waals surface area (Å²) in [5, 5.41) is 12.6. The van der Waals surface area contributed by atoms with Crippen LogP contribution in [0.3, 0.4) is 0 Å². The van der Waals surface area contributed by atoms with Crippen LogP contribution in [-0.2, 0) is 5.75 Å². The van der Waals surface area contributed by atoms with E-state index in [2.05, 4.69) is 78.7 Å². The van der Waals surface area contributed by atoms with E-state index in [1.54, 1.807) is 23.1 Å². The molecular weight excluding hydrogens is 322 g/mol. The number of anilines is 2. The van der Waals surface area contributed by atoms with E-state index in [1.165, 1.54) is 22.3 Å². The highest BCUT2D eigenvalue weighted by molar-refractivity contribution is 8.00. The van der Waals surface area contributed by atoms with Crippen LogP contribution in [0.5, 0.6) is 0 Å². The maximum atomic E-state index is 4.25. The highest BCUT2D eigenvalue weighted by Crippen LogP contribution is 2.30. The van der Waals surface area contributed by atoms with Gasteiger partial charge in [0.25, 0.3) is 0 Å². The van der Waals surface area contributed by atoms with Crippen molar-refractivity contribution >= 4 is 33.9 Å². The van der Waals surface area contributed by atoms with E-state index in [4.69, 9.17) is 0 Å². The molecule has 0 atom stereocenters. The van der Waals surface area contributed by atoms with Crippen molar-refractivity contribution in [3.8, 4) is 0 Å². The van der Waals surface area contributed by atoms with Crippen LogP contribution in [0.2, 0.25) is 0 Å². The Morgan fingerprint density at radius 2 is 1.74 bits per heavy atom. The predicted molar refractivity (Wildman–Crippen MR) is 99.8 cm³/mol. The lowest BCUT2D eigenvalue weighted by Crippen LogP contribution is -1.91. The van der Waals surface area contributed by atoms with Crippen molar-refractivity contribution in [2.75, 3.05) is 5.32 Å². The number of benzene rings is 2. The topological polar surface area (TPSA) is 37.8 Å². The van der Waals surface area contributed by atoms with Crippen molar-refractivity contribution in [3.63, 3.8) is 0 Å². The quantitative estimate of drug-likeness (QED) is 0.622. The van der Waals surface area contributed by atoms with Gasteiger partial charge in [-0.3, -0.25) is 0 Å². The lowest BCUT2D eigenvalue weighted by atomic mass is 10.1. The molecule has 5 heteroatoms. The Hall–Kier alpha value is -1.85. The highest BCUT2D eigenvalue weighted by Gasteiger charge is 2.06. The number of aromatic nitrogens is 2. The summed E-state index contributed by atoms with van der Waals surface area (Å²) < 4.78 is 0.983. The van der Waals surface area contributed by atoms with Gasteiger partial charge < -0.3 is 5.32 Å². The van der Waals surface area contributed by atoms with Gasteiger partial charge in [-0.25, -0.2) is 0 Å². The molecule has 0 bridgehead atoms. The van der Waals surface area contributed by atoms with Crippen LogP contribution in [0, 0.1) is 20.8 Å². The summed E-state index contributed by atoms with van der Waals surface area (Å²) in [6, 6.07) is 14.9. The van der Waals surface area contributed by atoms with Crippen LogP contribution in [-0.4, -0.2) is 10.2 Å². The van der Waals surface area contributed by atoms with Crippen LogP contribution in [0.15, 0.2) is 46.8 Å². The summed E-state index contributed by atoms with van der Waals surface area (Å²) >= 11 is 3.31. The Bertz CT molecular complexity index is 794. The van der Waals surface area contributed by atoms with E-state index in [9.17, 15) is 0 Å². The molecule has 3 aromatic rings. The third-order valence-electron chi connectivity index (χ3n) is 3.65. The van der Waals surface area contributed by atoms with Gasteiger partial charge in [0.15, 0.2) is 4.34 Å². The van der Waals surface area contributed by atoms with E-state index in [1.807, 2.05) is 0 Å². The largest absolute Gasteiger partial charge is 0.330 e.